The normalized spacial score (nSPS) is 15.9. The van der Waals surface area contributed by atoms with Gasteiger partial charge in [0.25, 0.3) is 11.3 Å². The van der Waals surface area contributed by atoms with Crippen molar-refractivity contribution in [3.63, 3.8) is 0 Å². The Morgan fingerprint density at radius 1 is 1.38 bits per heavy atom. The number of carbonyl (C=O) groups is 1. The number of hydrogen-bond acceptors (Lipinski definition) is 6. The van der Waals surface area contributed by atoms with Crippen molar-refractivity contribution in [1.82, 2.24) is 14.8 Å². The molecule has 0 saturated carbocycles. The van der Waals surface area contributed by atoms with Gasteiger partial charge in [-0.15, -0.1) is 0 Å². The van der Waals surface area contributed by atoms with Gasteiger partial charge in [0.2, 0.25) is 5.88 Å². The topological polar surface area (TPSA) is 107 Å². The molecule has 0 amide bonds. The van der Waals surface area contributed by atoms with Crippen molar-refractivity contribution in [3.8, 4) is 11.6 Å². The zero-order chi connectivity index (χ0) is 24.2. The van der Waals surface area contributed by atoms with E-state index in [4.69, 9.17) is 21.1 Å². The van der Waals surface area contributed by atoms with Crippen molar-refractivity contribution < 1.29 is 23.0 Å². The van der Waals surface area contributed by atoms with Crippen LogP contribution in [0.2, 0.25) is 5.02 Å². The number of fused-ring (bicyclic) bond motifs is 1. The molecule has 12 heteroatoms. The average molecular weight is 570 g/mol. The summed E-state index contributed by atoms with van der Waals surface area (Å²) in [6.07, 6.45) is 5.26. The molecule has 4 rings (SSSR count). The first-order chi connectivity index (χ1) is 16.4. The third-order valence-corrected chi connectivity index (χ3v) is 6.93. The van der Waals surface area contributed by atoms with Crippen LogP contribution in [0.4, 0.5) is 5.69 Å². The second-order valence-electron chi connectivity index (χ2n) is 7.51. The van der Waals surface area contributed by atoms with E-state index in [1.165, 1.54) is 10.5 Å². The molecule has 0 radical (unpaired) electrons. The monoisotopic (exact) mass is 568 g/mol. The van der Waals surface area contributed by atoms with Gasteiger partial charge in [-0.1, -0.05) is 17.7 Å². The van der Waals surface area contributed by atoms with Crippen LogP contribution in [-0.4, -0.2) is 36.1 Å². The zero-order valence-electron chi connectivity index (χ0n) is 18.2. The minimum atomic E-state index is -2.33. The number of benzene rings is 1. The molecule has 0 aliphatic heterocycles. The SMILES string of the molecule is CCOC(=O)Cn1ncc2c1CCCC2N(c1cnc(Oc2cccc(Cl)c2)c(Br)c1)S(=O)O. The Kier molecular flexibility index (Phi) is 7.87. The Hall–Kier alpha value is -2.47. The Balaban J connectivity index is 1.61. The highest BCUT2D eigenvalue weighted by Crippen LogP contribution is 2.40. The molecule has 0 bridgehead atoms. The maximum atomic E-state index is 12.5. The van der Waals surface area contributed by atoms with E-state index in [1.807, 2.05) is 0 Å². The van der Waals surface area contributed by atoms with Crippen LogP contribution < -0.4 is 9.04 Å². The number of pyridine rings is 1. The largest absolute Gasteiger partial charge is 0.465 e. The Bertz CT molecular complexity index is 1220. The smallest absolute Gasteiger partial charge is 0.327 e. The molecule has 34 heavy (non-hydrogen) atoms. The highest BCUT2D eigenvalue weighted by molar-refractivity contribution is 9.10. The Morgan fingerprint density at radius 3 is 2.91 bits per heavy atom. The van der Waals surface area contributed by atoms with Crippen molar-refractivity contribution in [1.29, 1.82) is 0 Å². The third-order valence-electron chi connectivity index (χ3n) is 5.32. The quantitative estimate of drug-likeness (QED) is 0.298. The number of anilines is 1. The van der Waals surface area contributed by atoms with Gasteiger partial charge in [-0.05, 0) is 66.4 Å². The summed E-state index contributed by atoms with van der Waals surface area (Å²) in [6.45, 7) is 2.04. The van der Waals surface area contributed by atoms with E-state index in [9.17, 15) is 13.6 Å². The minimum absolute atomic E-state index is 0.000744. The highest BCUT2D eigenvalue weighted by atomic mass is 79.9. The Morgan fingerprint density at radius 2 is 2.21 bits per heavy atom. The van der Waals surface area contributed by atoms with Crippen molar-refractivity contribution in [2.75, 3.05) is 10.9 Å². The molecule has 0 fully saturated rings. The zero-order valence-corrected chi connectivity index (χ0v) is 21.3. The van der Waals surface area contributed by atoms with Crippen molar-refractivity contribution in [2.45, 2.75) is 38.8 Å². The number of aromatic nitrogens is 3. The van der Waals surface area contributed by atoms with Crippen LogP contribution in [0.15, 0.2) is 47.2 Å². The molecular formula is C22H22BrClN4O5S. The molecule has 1 N–H and O–H groups in total. The van der Waals surface area contributed by atoms with E-state index in [0.29, 0.717) is 46.3 Å². The van der Waals surface area contributed by atoms with Gasteiger partial charge >= 0.3 is 5.97 Å². The van der Waals surface area contributed by atoms with Gasteiger partial charge in [0.1, 0.15) is 12.3 Å². The number of ether oxygens (including phenoxy) is 2. The predicted molar refractivity (Wildman–Crippen MR) is 131 cm³/mol. The Labute approximate surface area is 212 Å². The summed E-state index contributed by atoms with van der Waals surface area (Å²) in [5, 5.41) is 4.88. The summed E-state index contributed by atoms with van der Waals surface area (Å²) in [4.78, 5) is 16.3. The lowest BCUT2D eigenvalue weighted by Gasteiger charge is -2.32. The number of esters is 1. The van der Waals surface area contributed by atoms with E-state index in [2.05, 4.69) is 26.0 Å². The van der Waals surface area contributed by atoms with E-state index < -0.39 is 17.3 Å². The fourth-order valence-corrected chi connectivity index (χ4v) is 5.25. The van der Waals surface area contributed by atoms with Gasteiger partial charge in [-0.2, -0.15) is 5.10 Å². The molecule has 2 aromatic heterocycles. The fourth-order valence-electron chi connectivity index (χ4n) is 3.94. The summed E-state index contributed by atoms with van der Waals surface area (Å²) in [5.74, 6) is 0.435. The van der Waals surface area contributed by atoms with E-state index in [0.717, 1.165) is 17.7 Å². The second kappa shape index (κ2) is 10.9. The lowest BCUT2D eigenvalue weighted by atomic mass is 9.92. The van der Waals surface area contributed by atoms with Crippen molar-refractivity contribution >= 4 is 50.5 Å². The number of halogens is 2. The van der Waals surface area contributed by atoms with Gasteiger partial charge in [-0.3, -0.25) is 18.3 Å². The molecule has 1 aliphatic rings. The van der Waals surface area contributed by atoms with Gasteiger partial charge in [0.05, 0.1) is 35.2 Å². The lowest BCUT2D eigenvalue weighted by molar-refractivity contribution is -0.144. The van der Waals surface area contributed by atoms with E-state index in [-0.39, 0.29) is 12.5 Å². The average Bonchev–Trinajstić information content (AvgIpc) is 3.19. The predicted octanol–water partition coefficient (Wildman–Crippen LogP) is 5.07. The third kappa shape index (κ3) is 5.43. The molecule has 2 atom stereocenters. The maximum Gasteiger partial charge on any atom is 0.327 e. The first-order valence-corrected chi connectivity index (χ1v) is 12.8. The van der Waals surface area contributed by atoms with Crippen LogP contribution in [0, 0.1) is 0 Å². The van der Waals surface area contributed by atoms with Crippen LogP contribution >= 0.6 is 27.5 Å². The van der Waals surface area contributed by atoms with Crippen molar-refractivity contribution in [2.24, 2.45) is 0 Å². The number of rotatable bonds is 8. The van der Waals surface area contributed by atoms with Crippen LogP contribution in [-0.2, 0) is 33.8 Å². The molecule has 3 aromatic rings. The maximum absolute atomic E-state index is 12.5. The first kappa shape index (κ1) is 24.6. The van der Waals surface area contributed by atoms with E-state index in [1.54, 1.807) is 48.1 Å². The van der Waals surface area contributed by atoms with Gasteiger partial charge in [0.15, 0.2) is 0 Å². The number of hydrogen-bond donors (Lipinski definition) is 1. The molecule has 0 saturated heterocycles. The summed E-state index contributed by atoms with van der Waals surface area (Å²) < 4.78 is 37.0. The summed E-state index contributed by atoms with van der Waals surface area (Å²) >= 11 is 7.12. The summed E-state index contributed by atoms with van der Waals surface area (Å²) in [7, 11) is 0. The molecule has 2 heterocycles. The minimum Gasteiger partial charge on any atom is -0.465 e. The molecule has 0 spiro atoms. The molecule has 1 aromatic carbocycles. The van der Waals surface area contributed by atoms with Crippen LogP contribution in [0.1, 0.15) is 37.1 Å². The van der Waals surface area contributed by atoms with Crippen LogP contribution in [0.25, 0.3) is 0 Å². The molecule has 1 aliphatic carbocycles. The van der Waals surface area contributed by atoms with Gasteiger partial charge < -0.3 is 9.47 Å². The summed E-state index contributed by atoms with van der Waals surface area (Å²) in [6, 6.07) is 8.18. The first-order valence-electron chi connectivity index (χ1n) is 10.6. The number of nitrogens with zero attached hydrogens (tertiary/aromatic N) is 4. The molecular weight excluding hydrogens is 548 g/mol. The number of carbonyl (C=O) groups excluding carboxylic acids is 1. The summed E-state index contributed by atoms with van der Waals surface area (Å²) in [5.41, 5.74) is 2.09. The van der Waals surface area contributed by atoms with Crippen LogP contribution in [0.3, 0.4) is 0 Å². The van der Waals surface area contributed by atoms with Crippen LogP contribution in [0.5, 0.6) is 11.6 Å². The van der Waals surface area contributed by atoms with E-state index >= 15 is 0 Å². The van der Waals surface area contributed by atoms with Crippen molar-refractivity contribution in [3.05, 3.63) is 63.5 Å². The molecule has 2 unspecified atom stereocenters. The standard InChI is InChI=1S/C22H22BrClN4O5S/c1-2-32-21(29)13-27-19-7-4-8-20(17(19)12-26-27)28(34(30)31)15-10-18(23)22(25-11-15)33-16-6-3-5-14(24)9-16/h3,5-6,9-12,20H,2,4,7-8,13H2,1H3,(H,30,31). The van der Waals surface area contributed by atoms with Gasteiger partial charge in [-0.25, -0.2) is 9.19 Å². The lowest BCUT2D eigenvalue weighted by Crippen LogP contribution is -2.33. The molecule has 9 nitrogen and oxygen atoms in total. The second-order valence-corrected chi connectivity index (χ2v) is 9.66. The fraction of sp³-hybridized carbons (Fsp3) is 0.318. The van der Waals surface area contributed by atoms with Gasteiger partial charge in [0, 0.05) is 16.3 Å². The highest BCUT2D eigenvalue weighted by Gasteiger charge is 2.33. The molecule has 180 valence electrons.